The Balaban J connectivity index is 1.34. The summed E-state index contributed by atoms with van der Waals surface area (Å²) in [5.74, 6) is 1.31. The number of thiazole rings is 1. The van der Waals surface area contributed by atoms with Gasteiger partial charge >= 0.3 is 0 Å². The molecule has 11 heteroatoms. The first-order chi connectivity index (χ1) is 16.5. The van der Waals surface area contributed by atoms with Crippen LogP contribution in [0.4, 0.5) is 5.13 Å². The molecule has 2 aromatic carbocycles. The van der Waals surface area contributed by atoms with Crippen molar-refractivity contribution in [2.45, 2.75) is 18.3 Å². The zero-order valence-electron chi connectivity index (χ0n) is 17.8. The number of nitrogens with one attached hydrogen (secondary N) is 1. The first-order valence-corrected chi connectivity index (χ1v) is 13.1. The third-order valence-corrected chi connectivity index (χ3v) is 7.01. The fraction of sp³-hybridized carbons (Fsp3) is 0.130. The number of halogens is 2. The Kier molecular flexibility index (Phi) is 8.39. The van der Waals surface area contributed by atoms with E-state index < -0.39 is 0 Å². The number of hydrogen-bond acceptors (Lipinski definition) is 7. The van der Waals surface area contributed by atoms with Gasteiger partial charge in [0.1, 0.15) is 12.4 Å². The van der Waals surface area contributed by atoms with Crippen molar-refractivity contribution in [3.8, 4) is 17.0 Å². The summed E-state index contributed by atoms with van der Waals surface area (Å²) in [7, 11) is 0. The summed E-state index contributed by atoms with van der Waals surface area (Å²) in [4.78, 5) is 17.0. The number of rotatable bonds is 10. The van der Waals surface area contributed by atoms with Gasteiger partial charge in [0.25, 0.3) is 0 Å². The van der Waals surface area contributed by atoms with Crippen LogP contribution in [-0.2, 0) is 17.9 Å². The summed E-state index contributed by atoms with van der Waals surface area (Å²) in [5, 5.41) is 15.0. The van der Waals surface area contributed by atoms with Crippen molar-refractivity contribution in [3.63, 3.8) is 0 Å². The van der Waals surface area contributed by atoms with Gasteiger partial charge in [0.05, 0.1) is 11.4 Å². The van der Waals surface area contributed by atoms with E-state index in [4.69, 9.17) is 16.3 Å². The molecule has 1 amide bonds. The van der Waals surface area contributed by atoms with Crippen LogP contribution < -0.4 is 10.1 Å². The van der Waals surface area contributed by atoms with E-state index in [1.54, 1.807) is 30.3 Å². The van der Waals surface area contributed by atoms with Gasteiger partial charge in [-0.25, -0.2) is 4.98 Å². The van der Waals surface area contributed by atoms with E-state index in [9.17, 15) is 4.79 Å². The number of carbonyl (C=O) groups is 1. The average Bonchev–Trinajstić information content (AvgIpc) is 3.45. The molecule has 0 fully saturated rings. The number of thioether (sulfide) groups is 1. The fourth-order valence-electron chi connectivity index (χ4n) is 2.89. The molecule has 0 saturated carbocycles. The zero-order chi connectivity index (χ0) is 23.9. The number of anilines is 1. The third kappa shape index (κ3) is 6.47. The van der Waals surface area contributed by atoms with E-state index in [-0.39, 0.29) is 18.3 Å². The van der Waals surface area contributed by atoms with Crippen LogP contribution in [-0.4, -0.2) is 31.4 Å². The van der Waals surface area contributed by atoms with Gasteiger partial charge in [-0.1, -0.05) is 57.5 Å². The maximum atomic E-state index is 12.5. The Labute approximate surface area is 218 Å². The van der Waals surface area contributed by atoms with Gasteiger partial charge in [0.15, 0.2) is 16.1 Å². The van der Waals surface area contributed by atoms with Crippen molar-refractivity contribution in [1.29, 1.82) is 0 Å². The molecule has 0 spiro atoms. The molecule has 2 heterocycles. The third-order valence-electron chi connectivity index (χ3n) is 4.51. The SMILES string of the molecule is C=CCn1c(COc2ccc(Cl)cc2)nnc1SCC(=O)Nc1nc(-c2ccc(Br)cc2)cs1. The second-order valence-electron chi connectivity index (χ2n) is 6.92. The number of ether oxygens (including phenoxy) is 1. The van der Waals surface area contributed by atoms with Crippen molar-refractivity contribution in [2.75, 3.05) is 11.1 Å². The maximum Gasteiger partial charge on any atom is 0.236 e. The van der Waals surface area contributed by atoms with Crippen LogP contribution in [0.15, 0.2) is 76.2 Å². The molecule has 2 aromatic heterocycles. The summed E-state index contributed by atoms with van der Waals surface area (Å²) in [6, 6.07) is 15.0. The fourth-order valence-corrected chi connectivity index (χ4v) is 4.79. The van der Waals surface area contributed by atoms with Crippen molar-refractivity contribution in [1.82, 2.24) is 19.7 Å². The van der Waals surface area contributed by atoms with Crippen LogP contribution in [0.2, 0.25) is 5.02 Å². The molecule has 4 rings (SSSR count). The number of nitrogens with zero attached hydrogens (tertiary/aromatic N) is 4. The molecule has 0 unspecified atom stereocenters. The largest absolute Gasteiger partial charge is 0.486 e. The monoisotopic (exact) mass is 575 g/mol. The lowest BCUT2D eigenvalue weighted by Gasteiger charge is -2.09. The second kappa shape index (κ2) is 11.7. The zero-order valence-corrected chi connectivity index (χ0v) is 21.8. The molecule has 0 saturated heterocycles. The lowest BCUT2D eigenvalue weighted by Crippen LogP contribution is -2.15. The minimum absolute atomic E-state index is 0.167. The predicted molar refractivity (Wildman–Crippen MR) is 141 cm³/mol. The van der Waals surface area contributed by atoms with E-state index in [0.717, 1.165) is 15.7 Å². The number of benzene rings is 2. The van der Waals surface area contributed by atoms with Crippen LogP contribution in [0.3, 0.4) is 0 Å². The number of hydrogen-bond donors (Lipinski definition) is 1. The topological polar surface area (TPSA) is 81.9 Å². The highest BCUT2D eigenvalue weighted by atomic mass is 79.9. The van der Waals surface area contributed by atoms with Crippen molar-refractivity contribution < 1.29 is 9.53 Å². The van der Waals surface area contributed by atoms with Gasteiger partial charge in [-0.3, -0.25) is 9.36 Å². The molecule has 34 heavy (non-hydrogen) atoms. The van der Waals surface area contributed by atoms with E-state index in [1.807, 2.05) is 34.2 Å². The van der Waals surface area contributed by atoms with Crippen LogP contribution >= 0.6 is 50.6 Å². The Morgan fingerprint density at radius 3 is 2.71 bits per heavy atom. The molecule has 1 N–H and O–H groups in total. The number of aromatic nitrogens is 4. The van der Waals surface area contributed by atoms with E-state index in [2.05, 4.69) is 43.0 Å². The second-order valence-corrected chi connectivity index (χ2v) is 10.1. The molecule has 4 aromatic rings. The van der Waals surface area contributed by atoms with Gasteiger partial charge in [-0.15, -0.1) is 28.1 Å². The Bertz CT molecular complexity index is 1280. The summed E-state index contributed by atoms with van der Waals surface area (Å²) >= 11 is 12.0. The molecular formula is C23H19BrClN5O2S2. The van der Waals surface area contributed by atoms with E-state index >= 15 is 0 Å². The van der Waals surface area contributed by atoms with Crippen LogP contribution in [0.25, 0.3) is 11.3 Å². The highest BCUT2D eigenvalue weighted by Crippen LogP contribution is 2.26. The molecule has 0 aliphatic heterocycles. The minimum atomic E-state index is -0.172. The Hall–Kier alpha value is -2.66. The summed E-state index contributed by atoms with van der Waals surface area (Å²) in [6.45, 7) is 4.53. The highest BCUT2D eigenvalue weighted by Gasteiger charge is 2.15. The number of carbonyl (C=O) groups excluding carboxylic acids is 1. The molecule has 174 valence electrons. The minimum Gasteiger partial charge on any atom is -0.486 e. The lowest BCUT2D eigenvalue weighted by molar-refractivity contribution is -0.113. The van der Waals surface area contributed by atoms with Gasteiger partial charge < -0.3 is 10.1 Å². The Morgan fingerprint density at radius 2 is 1.97 bits per heavy atom. The average molecular weight is 577 g/mol. The van der Waals surface area contributed by atoms with Crippen molar-refractivity contribution >= 4 is 61.7 Å². The van der Waals surface area contributed by atoms with Crippen molar-refractivity contribution in [2.24, 2.45) is 0 Å². The first kappa shape index (κ1) is 24.5. The molecule has 0 aliphatic carbocycles. The quantitative estimate of drug-likeness (QED) is 0.176. The van der Waals surface area contributed by atoms with Crippen LogP contribution in [0.5, 0.6) is 5.75 Å². The Morgan fingerprint density at radius 1 is 1.21 bits per heavy atom. The predicted octanol–water partition coefficient (Wildman–Crippen LogP) is 6.31. The normalized spacial score (nSPS) is 10.8. The van der Waals surface area contributed by atoms with Gasteiger partial charge in [0.2, 0.25) is 5.91 Å². The molecular weight excluding hydrogens is 558 g/mol. The maximum absolute atomic E-state index is 12.5. The summed E-state index contributed by atoms with van der Waals surface area (Å²) < 4.78 is 8.65. The van der Waals surface area contributed by atoms with Gasteiger partial charge in [-0.05, 0) is 36.4 Å². The van der Waals surface area contributed by atoms with Gasteiger partial charge in [0, 0.05) is 27.0 Å². The van der Waals surface area contributed by atoms with E-state index in [0.29, 0.717) is 33.4 Å². The van der Waals surface area contributed by atoms with Crippen LogP contribution in [0.1, 0.15) is 5.82 Å². The summed E-state index contributed by atoms with van der Waals surface area (Å²) in [5.41, 5.74) is 1.80. The number of allylic oxidation sites excluding steroid dienone is 1. The molecule has 0 atom stereocenters. The first-order valence-electron chi connectivity index (χ1n) is 10.1. The van der Waals surface area contributed by atoms with E-state index in [1.165, 1.54) is 23.1 Å². The molecule has 0 aliphatic rings. The summed E-state index contributed by atoms with van der Waals surface area (Å²) in [6.07, 6.45) is 1.75. The van der Waals surface area contributed by atoms with Crippen LogP contribution in [0, 0.1) is 0 Å². The smallest absolute Gasteiger partial charge is 0.236 e. The van der Waals surface area contributed by atoms with Gasteiger partial charge in [-0.2, -0.15) is 0 Å². The molecule has 0 radical (unpaired) electrons. The lowest BCUT2D eigenvalue weighted by atomic mass is 10.2. The molecule has 7 nitrogen and oxygen atoms in total. The standard InChI is InChI=1S/C23H19BrClN5O2S2/c1-2-11-30-20(12-32-18-9-7-17(25)8-10-18)28-29-23(30)34-14-21(31)27-22-26-19(13-33-22)15-3-5-16(24)6-4-15/h2-10,13H,1,11-12,14H2,(H,26,27,31). The number of amides is 1. The van der Waals surface area contributed by atoms with Crippen molar-refractivity contribution in [3.05, 3.63) is 81.9 Å². The molecule has 0 bridgehead atoms. The highest BCUT2D eigenvalue weighted by molar-refractivity contribution is 9.10.